The van der Waals surface area contributed by atoms with Crippen LogP contribution in [-0.4, -0.2) is 43.0 Å². The molecule has 0 aliphatic heterocycles. The molecule has 0 saturated carbocycles. The first-order valence-corrected chi connectivity index (χ1v) is 7.47. The maximum absolute atomic E-state index is 11.7. The lowest BCUT2D eigenvalue weighted by Crippen LogP contribution is -2.42. The zero-order chi connectivity index (χ0) is 14.3. The van der Waals surface area contributed by atoms with Crippen LogP contribution in [0.1, 0.15) is 12.0 Å². The number of hydrogen-bond donors (Lipinski definition) is 3. The Morgan fingerprint density at radius 3 is 2.42 bits per heavy atom. The first kappa shape index (κ1) is 15.6. The predicted octanol–water partition coefficient (Wildman–Crippen LogP) is -0.0159. The lowest BCUT2D eigenvalue weighted by molar-refractivity contribution is -0.139. The SMILES string of the molecule is O=C(O)[C@@H](CCO)NS(=O)(=O)CCc1ccccc1. The Balaban J connectivity index is 2.58. The van der Waals surface area contributed by atoms with Gasteiger partial charge in [-0.2, -0.15) is 0 Å². The van der Waals surface area contributed by atoms with E-state index in [0.717, 1.165) is 5.56 Å². The van der Waals surface area contributed by atoms with Crippen LogP contribution in [0.5, 0.6) is 0 Å². The van der Waals surface area contributed by atoms with E-state index in [1.54, 1.807) is 24.3 Å². The highest BCUT2D eigenvalue weighted by Gasteiger charge is 2.23. The molecule has 0 spiro atoms. The first-order valence-electron chi connectivity index (χ1n) is 5.82. The van der Waals surface area contributed by atoms with E-state index in [2.05, 4.69) is 4.72 Å². The quantitative estimate of drug-likeness (QED) is 0.623. The largest absolute Gasteiger partial charge is 0.480 e. The van der Waals surface area contributed by atoms with Crippen molar-refractivity contribution < 1.29 is 23.4 Å². The highest BCUT2D eigenvalue weighted by atomic mass is 32.2. The molecule has 1 rings (SSSR count). The van der Waals surface area contributed by atoms with Crippen LogP contribution < -0.4 is 4.72 Å². The van der Waals surface area contributed by atoms with Crippen molar-refractivity contribution in [1.82, 2.24) is 4.72 Å². The third-order valence-corrected chi connectivity index (χ3v) is 3.93. The number of aliphatic hydroxyl groups is 1. The number of carbonyl (C=O) groups is 1. The summed E-state index contributed by atoms with van der Waals surface area (Å²) in [7, 11) is -3.69. The fraction of sp³-hybridized carbons (Fsp3) is 0.417. The number of sulfonamides is 1. The van der Waals surface area contributed by atoms with Crippen molar-refractivity contribution in [3.63, 3.8) is 0 Å². The Morgan fingerprint density at radius 1 is 1.26 bits per heavy atom. The van der Waals surface area contributed by atoms with Crippen molar-refractivity contribution in [2.45, 2.75) is 18.9 Å². The van der Waals surface area contributed by atoms with Crippen molar-refractivity contribution in [2.24, 2.45) is 0 Å². The molecule has 7 heteroatoms. The topological polar surface area (TPSA) is 104 Å². The number of nitrogens with one attached hydrogen (secondary N) is 1. The standard InChI is InChI=1S/C12H17NO5S/c14-8-6-11(12(15)16)13-19(17,18)9-7-10-4-2-1-3-5-10/h1-5,11,13-14H,6-9H2,(H,15,16)/t11-/m1/s1. The minimum Gasteiger partial charge on any atom is -0.480 e. The van der Waals surface area contributed by atoms with Crippen LogP contribution >= 0.6 is 0 Å². The molecule has 1 aromatic rings. The van der Waals surface area contributed by atoms with Crippen molar-refractivity contribution in [1.29, 1.82) is 0 Å². The summed E-state index contributed by atoms with van der Waals surface area (Å²) in [6.07, 6.45) is 0.154. The molecule has 0 saturated heterocycles. The monoisotopic (exact) mass is 287 g/mol. The van der Waals surface area contributed by atoms with E-state index in [-0.39, 0.29) is 12.2 Å². The average molecular weight is 287 g/mol. The molecule has 0 bridgehead atoms. The van der Waals surface area contributed by atoms with E-state index < -0.39 is 28.6 Å². The van der Waals surface area contributed by atoms with E-state index in [1.165, 1.54) is 0 Å². The summed E-state index contributed by atoms with van der Waals surface area (Å²) in [5.41, 5.74) is 0.863. The summed E-state index contributed by atoms with van der Waals surface area (Å²) in [6.45, 7) is -0.391. The number of rotatable bonds is 8. The van der Waals surface area contributed by atoms with Gasteiger partial charge in [-0.15, -0.1) is 0 Å². The summed E-state index contributed by atoms with van der Waals surface area (Å²) in [5.74, 6) is -1.48. The molecule has 0 aliphatic carbocycles. The molecule has 106 valence electrons. The Labute approximate surface area is 112 Å². The fourth-order valence-electron chi connectivity index (χ4n) is 1.53. The van der Waals surface area contributed by atoms with Crippen LogP contribution in [0, 0.1) is 0 Å². The van der Waals surface area contributed by atoms with Crippen molar-refractivity contribution in [2.75, 3.05) is 12.4 Å². The van der Waals surface area contributed by atoms with Crippen molar-refractivity contribution in [3.05, 3.63) is 35.9 Å². The maximum Gasteiger partial charge on any atom is 0.321 e. The first-order chi connectivity index (χ1) is 8.94. The summed E-state index contributed by atoms with van der Waals surface area (Å²) in [5, 5.41) is 17.5. The van der Waals surface area contributed by atoms with Crippen LogP contribution in [0.25, 0.3) is 0 Å². The van der Waals surface area contributed by atoms with E-state index >= 15 is 0 Å². The number of aryl methyl sites for hydroxylation is 1. The van der Waals surface area contributed by atoms with E-state index in [0.29, 0.717) is 6.42 Å². The Kier molecular flexibility index (Phi) is 5.94. The van der Waals surface area contributed by atoms with Crippen LogP contribution in [0.4, 0.5) is 0 Å². The second-order valence-corrected chi connectivity index (χ2v) is 5.95. The third kappa shape index (κ3) is 5.82. The Bertz CT molecular complexity index is 500. The molecule has 1 atom stereocenters. The summed E-state index contributed by atoms with van der Waals surface area (Å²) >= 11 is 0. The minimum absolute atomic E-state index is 0.153. The molecule has 0 amide bonds. The molecule has 0 unspecified atom stereocenters. The second kappa shape index (κ2) is 7.22. The zero-order valence-electron chi connectivity index (χ0n) is 10.3. The molecular formula is C12H17NO5S. The third-order valence-electron chi connectivity index (χ3n) is 2.54. The van der Waals surface area contributed by atoms with Gasteiger partial charge in [0.2, 0.25) is 10.0 Å². The molecule has 19 heavy (non-hydrogen) atoms. The lowest BCUT2D eigenvalue weighted by Gasteiger charge is -2.13. The van der Waals surface area contributed by atoms with Gasteiger partial charge in [0, 0.05) is 6.61 Å². The minimum atomic E-state index is -3.69. The normalized spacial score (nSPS) is 13.1. The Hall–Kier alpha value is -1.44. The number of hydrogen-bond acceptors (Lipinski definition) is 4. The zero-order valence-corrected chi connectivity index (χ0v) is 11.1. The number of aliphatic carboxylic acids is 1. The molecule has 0 fully saturated rings. The molecule has 0 aliphatic rings. The van der Waals surface area contributed by atoms with Gasteiger partial charge in [0.1, 0.15) is 6.04 Å². The second-order valence-electron chi connectivity index (χ2n) is 4.08. The molecular weight excluding hydrogens is 270 g/mol. The molecule has 0 heterocycles. The molecule has 0 aromatic heterocycles. The smallest absolute Gasteiger partial charge is 0.321 e. The lowest BCUT2D eigenvalue weighted by atomic mass is 10.2. The molecule has 6 nitrogen and oxygen atoms in total. The predicted molar refractivity (Wildman–Crippen MR) is 70.2 cm³/mol. The number of carboxylic acid groups (broad SMARTS) is 1. The van der Waals surface area contributed by atoms with Crippen LogP contribution in [-0.2, 0) is 21.2 Å². The maximum atomic E-state index is 11.7. The van der Waals surface area contributed by atoms with Gasteiger partial charge in [0.05, 0.1) is 5.75 Å². The molecule has 0 radical (unpaired) electrons. The van der Waals surface area contributed by atoms with Gasteiger partial charge in [0.15, 0.2) is 0 Å². The van der Waals surface area contributed by atoms with Gasteiger partial charge >= 0.3 is 5.97 Å². The van der Waals surface area contributed by atoms with E-state index in [1.807, 2.05) is 6.07 Å². The summed E-state index contributed by atoms with van der Waals surface area (Å²) in [4.78, 5) is 10.8. The van der Waals surface area contributed by atoms with Gasteiger partial charge < -0.3 is 10.2 Å². The summed E-state index contributed by atoms with van der Waals surface area (Å²) < 4.78 is 25.6. The van der Waals surface area contributed by atoms with E-state index in [4.69, 9.17) is 10.2 Å². The van der Waals surface area contributed by atoms with E-state index in [9.17, 15) is 13.2 Å². The van der Waals surface area contributed by atoms with Crippen molar-refractivity contribution >= 4 is 16.0 Å². The van der Waals surface area contributed by atoms with Gasteiger partial charge in [-0.3, -0.25) is 4.79 Å². The highest BCUT2D eigenvalue weighted by molar-refractivity contribution is 7.89. The van der Waals surface area contributed by atoms with Crippen LogP contribution in [0.15, 0.2) is 30.3 Å². The fourth-order valence-corrected chi connectivity index (χ4v) is 2.81. The Morgan fingerprint density at radius 2 is 1.89 bits per heavy atom. The number of carboxylic acids is 1. The molecule has 3 N–H and O–H groups in total. The highest BCUT2D eigenvalue weighted by Crippen LogP contribution is 2.03. The van der Waals surface area contributed by atoms with Crippen molar-refractivity contribution in [3.8, 4) is 0 Å². The number of aliphatic hydroxyl groups excluding tert-OH is 1. The van der Waals surface area contributed by atoms with Gasteiger partial charge in [0.25, 0.3) is 0 Å². The van der Waals surface area contributed by atoms with Crippen LogP contribution in [0.2, 0.25) is 0 Å². The van der Waals surface area contributed by atoms with Crippen LogP contribution in [0.3, 0.4) is 0 Å². The van der Waals surface area contributed by atoms with Gasteiger partial charge in [-0.25, -0.2) is 13.1 Å². The van der Waals surface area contributed by atoms with Gasteiger partial charge in [-0.05, 0) is 18.4 Å². The van der Waals surface area contributed by atoms with Gasteiger partial charge in [-0.1, -0.05) is 30.3 Å². The molecule has 1 aromatic carbocycles. The summed E-state index contributed by atoms with van der Waals surface area (Å²) in [6, 6.07) is 7.77. The number of benzene rings is 1. The average Bonchev–Trinajstić information content (AvgIpc) is 2.37.